The van der Waals surface area contributed by atoms with Crippen LogP contribution in [0.25, 0.3) is 0 Å². The van der Waals surface area contributed by atoms with Crippen LogP contribution in [0, 0.1) is 11.3 Å². The zero-order valence-corrected chi connectivity index (χ0v) is 11.3. The first-order valence-corrected chi connectivity index (χ1v) is 6.76. The second-order valence-electron chi connectivity index (χ2n) is 3.28. The second kappa shape index (κ2) is 4.95. The SMILES string of the molecule is CC(C#N)N(C)S(=O)(=O)c1ccc(Br)cc1. The van der Waals surface area contributed by atoms with Gasteiger partial charge >= 0.3 is 0 Å². The van der Waals surface area contributed by atoms with Crippen LogP contribution in [0.15, 0.2) is 33.6 Å². The van der Waals surface area contributed by atoms with Gasteiger partial charge in [-0.2, -0.15) is 9.57 Å². The number of nitrogens with zero attached hydrogens (tertiary/aromatic N) is 2. The minimum absolute atomic E-state index is 0.181. The molecule has 4 nitrogen and oxygen atoms in total. The number of hydrogen-bond acceptors (Lipinski definition) is 3. The van der Waals surface area contributed by atoms with Crippen molar-refractivity contribution in [2.45, 2.75) is 17.9 Å². The molecule has 0 amide bonds. The van der Waals surface area contributed by atoms with E-state index in [4.69, 9.17) is 5.26 Å². The van der Waals surface area contributed by atoms with Gasteiger partial charge in [-0.15, -0.1) is 0 Å². The van der Waals surface area contributed by atoms with Gasteiger partial charge in [0.05, 0.1) is 11.0 Å². The molecule has 0 N–H and O–H groups in total. The quantitative estimate of drug-likeness (QED) is 0.858. The Morgan fingerprint density at radius 1 is 1.38 bits per heavy atom. The van der Waals surface area contributed by atoms with Crippen LogP contribution in [0.1, 0.15) is 6.92 Å². The molecule has 0 radical (unpaired) electrons. The molecule has 6 heteroatoms. The van der Waals surface area contributed by atoms with Gasteiger partial charge in [-0.05, 0) is 31.2 Å². The van der Waals surface area contributed by atoms with Crippen molar-refractivity contribution in [1.82, 2.24) is 4.31 Å². The first kappa shape index (κ1) is 13.2. The van der Waals surface area contributed by atoms with Gasteiger partial charge in [0.2, 0.25) is 10.0 Å². The Kier molecular flexibility index (Phi) is 4.08. The van der Waals surface area contributed by atoms with E-state index in [1.165, 1.54) is 26.1 Å². The van der Waals surface area contributed by atoms with Gasteiger partial charge in [0.25, 0.3) is 0 Å². The minimum Gasteiger partial charge on any atom is -0.207 e. The molecule has 0 fully saturated rings. The van der Waals surface area contributed by atoms with E-state index in [1.54, 1.807) is 12.1 Å². The summed E-state index contributed by atoms with van der Waals surface area (Å²) in [5.74, 6) is 0. The molecule has 1 atom stereocenters. The summed E-state index contributed by atoms with van der Waals surface area (Å²) in [7, 11) is -2.18. The third-order valence-corrected chi connectivity index (χ3v) is 4.69. The van der Waals surface area contributed by atoms with Gasteiger partial charge in [0, 0.05) is 11.5 Å². The maximum atomic E-state index is 12.0. The third kappa shape index (κ3) is 2.61. The van der Waals surface area contributed by atoms with Crippen LogP contribution in [-0.2, 0) is 10.0 Å². The van der Waals surface area contributed by atoms with E-state index in [-0.39, 0.29) is 4.90 Å². The molecule has 0 spiro atoms. The lowest BCUT2D eigenvalue weighted by atomic mass is 10.4. The summed E-state index contributed by atoms with van der Waals surface area (Å²) in [6.45, 7) is 1.54. The number of rotatable bonds is 3. The highest BCUT2D eigenvalue weighted by Crippen LogP contribution is 2.18. The Hall–Kier alpha value is -0.900. The Morgan fingerprint density at radius 2 is 1.88 bits per heavy atom. The molecule has 0 bridgehead atoms. The number of benzene rings is 1. The van der Waals surface area contributed by atoms with Gasteiger partial charge in [0.1, 0.15) is 6.04 Å². The van der Waals surface area contributed by atoms with Crippen LogP contribution in [0.3, 0.4) is 0 Å². The van der Waals surface area contributed by atoms with E-state index in [2.05, 4.69) is 15.9 Å². The van der Waals surface area contributed by atoms with E-state index < -0.39 is 16.1 Å². The van der Waals surface area contributed by atoms with Crippen molar-refractivity contribution in [2.24, 2.45) is 0 Å². The van der Waals surface area contributed by atoms with Crippen LogP contribution in [0.5, 0.6) is 0 Å². The molecule has 0 aliphatic heterocycles. The first-order valence-electron chi connectivity index (χ1n) is 4.53. The van der Waals surface area contributed by atoms with Crippen LogP contribution < -0.4 is 0 Å². The Morgan fingerprint density at radius 3 is 2.31 bits per heavy atom. The lowest BCUT2D eigenvalue weighted by Gasteiger charge is -2.18. The normalized spacial score (nSPS) is 13.4. The molecule has 1 aromatic carbocycles. The average molecular weight is 303 g/mol. The highest BCUT2D eigenvalue weighted by Gasteiger charge is 2.24. The second-order valence-corrected chi connectivity index (χ2v) is 6.19. The largest absolute Gasteiger partial charge is 0.244 e. The monoisotopic (exact) mass is 302 g/mol. The van der Waals surface area contributed by atoms with Gasteiger partial charge < -0.3 is 0 Å². The van der Waals surface area contributed by atoms with Crippen molar-refractivity contribution in [1.29, 1.82) is 5.26 Å². The van der Waals surface area contributed by atoms with E-state index >= 15 is 0 Å². The predicted molar refractivity (Wildman–Crippen MR) is 64.2 cm³/mol. The Labute approximate surface area is 104 Å². The summed E-state index contributed by atoms with van der Waals surface area (Å²) in [5.41, 5.74) is 0. The summed E-state index contributed by atoms with van der Waals surface area (Å²) >= 11 is 3.23. The molecule has 1 rings (SSSR count). The minimum atomic E-state index is -3.58. The Balaban J connectivity index is 3.13. The fraction of sp³-hybridized carbons (Fsp3) is 0.300. The molecule has 0 heterocycles. The summed E-state index contributed by atoms with van der Waals surface area (Å²) in [5, 5.41) is 8.70. The topological polar surface area (TPSA) is 61.2 Å². The fourth-order valence-electron chi connectivity index (χ4n) is 1.06. The van der Waals surface area contributed by atoms with Gasteiger partial charge in [-0.25, -0.2) is 8.42 Å². The van der Waals surface area contributed by atoms with Crippen LogP contribution in [0.4, 0.5) is 0 Å². The van der Waals surface area contributed by atoms with Crippen molar-refractivity contribution in [2.75, 3.05) is 7.05 Å². The highest BCUT2D eigenvalue weighted by molar-refractivity contribution is 9.10. The molecule has 86 valence electrons. The molecule has 0 aromatic heterocycles. The maximum Gasteiger partial charge on any atom is 0.244 e. The molecule has 16 heavy (non-hydrogen) atoms. The van der Waals surface area contributed by atoms with Crippen LogP contribution in [-0.4, -0.2) is 25.8 Å². The number of hydrogen-bond donors (Lipinski definition) is 0. The zero-order chi connectivity index (χ0) is 12.3. The summed E-state index contributed by atoms with van der Waals surface area (Å²) in [6, 6.07) is 7.50. The summed E-state index contributed by atoms with van der Waals surface area (Å²) < 4.78 is 25.9. The lowest BCUT2D eigenvalue weighted by Crippen LogP contribution is -2.34. The number of halogens is 1. The lowest BCUT2D eigenvalue weighted by molar-refractivity contribution is 0.442. The number of nitriles is 1. The molecular formula is C10H11BrN2O2S. The third-order valence-electron chi connectivity index (χ3n) is 2.22. The zero-order valence-electron chi connectivity index (χ0n) is 8.88. The molecule has 0 saturated heterocycles. The van der Waals surface area contributed by atoms with Gasteiger partial charge in [-0.1, -0.05) is 15.9 Å². The number of sulfonamides is 1. The fourth-order valence-corrected chi connectivity index (χ4v) is 2.60. The smallest absolute Gasteiger partial charge is 0.207 e. The van der Waals surface area contributed by atoms with Crippen molar-refractivity contribution >= 4 is 26.0 Å². The standard InChI is InChI=1S/C10H11BrN2O2S/c1-8(7-12)13(2)16(14,15)10-5-3-9(11)4-6-10/h3-6,8H,1-2H3. The van der Waals surface area contributed by atoms with Crippen molar-refractivity contribution in [3.63, 3.8) is 0 Å². The highest BCUT2D eigenvalue weighted by atomic mass is 79.9. The molecular weight excluding hydrogens is 292 g/mol. The summed E-state index contributed by atoms with van der Waals surface area (Å²) in [6.07, 6.45) is 0. The average Bonchev–Trinajstić information content (AvgIpc) is 2.27. The van der Waals surface area contributed by atoms with E-state index in [9.17, 15) is 8.42 Å². The van der Waals surface area contributed by atoms with Crippen LogP contribution in [0.2, 0.25) is 0 Å². The van der Waals surface area contributed by atoms with E-state index in [1.807, 2.05) is 6.07 Å². The van der Waals surface area contributed by atoms with Crippen LogP contribution >= 0.6 is 15.9 Å². The molecule has 0 aliphatic carbocycles. The predicted octanol–water partition coefficient (Wildman–Crippen LogP) is 1.98. The molecule has 0 saturated carbocycles. The van der Waals surface area contributed by atoms with Crippen molar-refractivity contribution in [3.05, 3.63) is 28.7 Å². The maximum absolute atomic E-state index is 12.0. The molecule has 0 aliphatic rings. The van der Waals surface area contributed by atoms with E-state index in [0.717, 1.165) is 8.78 Å². The molecule has 1 aromatic rings. The van der Waals surface area contributed by atoms with Crippen molar-refractivity contribution < 1.29 is 8.42 Å². The van der Waals surface area contributed by atoms with Gasteiger partial charge in [-0.3, -0.25) is 0 Å². The van der Waals surface area contributed by atoms with Gasteiger partial charge in [0.15, 0.2) is 0 Å². The van der Waals surface area contributed by atoms with E-state index in [0.29, 0.717) is 0 Å². The molecule has 1 unspecified atom stereocenters. The Bertz CT molecular complexity index is 505. The summed E-state index contributed by atoms with van der Waals surface area (Å²) in [4.78, 5) is 0.181. The van der Waals surface area contributed by atoms with Crippen molar-refractivity contribution in [3.8, 4) is 6.07 Å². The first-order chi connectivity index (χ1) is 7.39.